The number of rotatable bonds is 9. The van der Waals surface area contributed by atoms with Gasteiger partial charge in [-0.3, -0.25) is 14.5 Å². The highest BCUT2D eigenvalue weighted by molar-refractivity contribution is 7.89. The summed E-state index contributed by atoms with van der Waals surface area (Å²) in [5, 5.41) is 7.16. The number of likely N-dealkylation sites (tertiary alicyclic amines) is 1. The number of sulfonamides is 1. The Morgan fingerprint density at radius 1 is 1.14 bits per heavy atom. The number of piperidine rings is 1. The number of amides is 2. The zero-order chi connectivity index (χ0) is 20.9. The molecule has 0 radical (unpaired) electrons. The summed E-state index contributed by atoms with van der Waals surface area (Å²) >= 11 is 0. The Morgan fingerprint density at radius 3 is 2.59 bits per heavy atom. The van der Waals surface area contributed by atoms with Gasteiger partial charge in [-0.15, -0.1) is 0 Å². The number of hydrogen-bond donors (Lipinski definition) is 2. The molecule has 3 rings (SSSR count). The van der Waals surface area contributed by atoms with Crippen LogP contribution in [0.2, 0.25) is 0 Å². The third kappa shape index (κ3) is 5.81. The molecule has 0 saturated carbocycles. The van der Waals surface area contributed by atoms with Crippen molar-refractivity contribution in [2.75, 3.05) is 30.7 Å². The number of carbonyl (C=O) groups is 2. The van der Waals surface area contributed by atoms with Crippen molar-refractivity contribution in [1.82, 2.24) is 29.4 Å². The second-order valence-electron chi connectivity index (χ2n) is 6.54. The van der Waals surface area contributed by atoms with E-state index in [0.29, 0.717) is 30.4 Å². The van der Waals surface area contributed by atoms with Crippen LogP contribution >= 0.6 is 0 Å². The van der Waals surface area contributed by atoms with Gasteiger partial charge in [0.25, 0.3) is 0 Å². The van der Waals surface area contributed by atoms with Crippen LogP contribution < -0.4 is 10.0 Å². The molecule has 2 N–H and O–H groups in total. The summed E-state index contributed by atoms with van der Waals surface area (Å²) in [5.41, 5.74) is 0. The number of aryl methyl sites for hydroxylation is 1. The van der Waals surface area contributed by atoms with E-state index in [9.17, 15) is 18.0 Å². The zero-order valence-electron chi connectivity index (χ0n) is 16.0. The molecule has 2 aromatic rings. The molecule has 1 aliphatic rings. The molecule has 156 valence electrons. The van der Waals surface area contributed by atoms with Gasteiger partial charge in [-0.05, 0) is 19.4 Å². The third-order valence-corrected chi connectivity index (χ3v) is 5.65. The summed E-state index contributed by atoms with van der Waals surface area (Å²) in [6.45, 7) is 2.06. The Hall–Kier alpha value is -2.86. The van der Waals surface area contributed by atoms with E-state index in [2.05, 4.69) is 25.1 Å². The molecule has 0 atom stereocenters. The fourth-order valence-electron chi connectivity index (χ4n) is 2.89. The maximum Gasteiger partial charge on any atom is 0.229 e. The van der Waals surface area contributed by atoms with Crippen molar-refractivity contribution in [3.05, 3.63) is 30.4 Å². The van der Waals surface area contributed by atoms with E-state index >= 15 is 0 Å². The number of imide groups is 1. The first-order valence-corrected chi connectivity index (χ1v) is 10.9. The molecule has 11 nitrogen and oxygen atoms in total. The van der Waals surface area contributed by atoms with Crippen molar-refractivity contribution in [2.45, 2.75) is 26.2 Å². The molecule has 0 unspecified atom stereocenters. The minimum atomic E-state index is -3.62. The third-order valence-electron chi connectivity index (χ3n) is 4.28. The van der Waals surface area contributed by atoms with Crippen LogP contribution in [0.3, 0.4) is 0 Å². The predicted molar refractivity (Wildman–Crippen MR) is 105 cm³/mol. The summed E-state index contributed by atoms with van der Waals surface area (Å²) in [6.07, 6.45) is 4.49. The molecule has 3 heterocycles. The van der Waals surface area contributed by atoms with Crippen molar-refractivity contribution in [3.8, 4) is 5.82 Å². The average molecular weight is 421 g/mol. The molecule has 2 amide bonds. The van der Waals surface area contributed by atoms with Gasteiger partial charge in [-0.25, -0.2) is 27.8 Å². The van der Waals surface area contributed by atoms with E-state index in [1.165, 1.54) is 0 Å². The van der Waals surface area contributed by atoms with Crippen LogP contribution in [0.5, 0.6) is 0 Å². The number of anilines is 1. The largest absolute Gasteiger partial charge is 0.369 e. The van der Waals surface area contributed by atoms with E-state index in [0.717, 1.165) is 4.90 Å². The monoisotopic (exact) mass is 421 g/mol. The van der Waals surface area contributed by atoms with Gasteiger partial charge >= 0.3 is 0 Å². The lowest BCUT2D eigenvalue weighted by Gasteiger charge is -2.24. The molecule has 12 heteroatoms. The van der Waals surface area contributed by atoms with E-state index in [-0.39, 0.29) is 43.5 Å². The van der Waals surface area contributed by atoms with Gasteiger partial charge in [0.1, 0.15) is 11.6 Å². The molecular formula is C17H23N7O4S. The van der Waals surface area contributed by atoms with Gasteiger partial charge in [0.05, 0.1) is 5.75 Å². The van der Waals surface area contributed by atoms with Crippen molar-refractivity contribution >= 4 is 27.7 Å². The molecule has 0 spiro atoms. The fraction of sp³-hybridized carbons (Fsp3) is 0.471. The molecule has 0 bridgehead atoms. The van der Waals surface area contributed by atoms with E-state index < -0.39 is 10.0 Å². The molecule has 2 aromatic heterocycles. The van der Waals surface area contributed by atoms with E-state index in [1.54, 1.807) is 36.1 Å². The maximum absolute atomic E-state index is 12.1. The second-order valence-corrected chi connectivity index (χ2v) is 8.47. The highest BCUT2D eigenvalue weighted by Crippen LogP contribution is 2.12. The molecule has 1 saturated heterocycles. The van der Waals surface area contributed by atoms with Crippen molar-refractivity contribution < 1.29 is 18.0 Å². The number of nitrogens with one attached hydrogen (secondary N) is 2. The van der Waals surface area contributed by atoms with Crippen LogP contribution in [0, 0.1) is 6.92 Å². The van der Waals surface area contributed by atoms with E-state index in [4.69, 9.17) is 0 Å². The first kappa shape index (κ1) is 20.9. The van der Waals surface area contributed by atoms with E-state index in [1.807, 2.05) is 0 Å². The maximum atomic E-state index is 12.1. The standard InChI is InChI=1S/C17H23N7O4S/c1-13-21-14(12-15(22-13)24-9-3-6-19-24)18-7-8-20-29(27,28)11-10-23-16(25)4-2-5-17(23)26/h3,6,9,12,20H,2,4-5,7-8,10-11H2,1H3,(H,18,21,22). The second kappa shape index (κ2) is 9.09. The van der Waals surface area contributed by atoms with Crippen LogP contribution in [0.25, 0.3) is 5.82 Å². The molecule has 29 heavy (non-hydrogen) atoms. The first-order chi connectivity index (χ1) is 13.8. The smallest absolute Gasteiger partial charge is 0.229 e. The van der Waals surface area contributed by atoms with Crippen LogP contribution in [0.15, 0.2) is 24.5 Å². The number of carbonyl (C=O) groups excluding carboxylic acids is 2. The number of nitrogens with zero attached hydrogens (tertiary/aromatic N) is 5. The van der Waals surface area contributed by atoms with Crippen LogP contribution in [-0.2, 0) is 19.6 Å². The van der Waals surface area contributed by atoms with Gasteiger partial charge in [0.2, 0.25) is 21.8 Å². The van der Waals surface area contributed by atoms with Crippen molar-refractivity contribution in [3.63, 3.8) is 0 Å². The summed E-state index contributed by atoms with van der Waals surface area (Å²) in [6, 6.07) is 3.49. The lowest BCUT2D eigenvalue weighted by molar-refractivity contribution is -0.147. The summed E-state index contributed by atoms with van der Waals surface area (Å²) in [7, 11) is -3.62. The lowest BCUT2D eigenvalue weighted by atomic mass is 10.1. The van der Waals surface area contributed by atoms with Crippen molar-refractivity contribution in [2.24, 2.45) is 0 Å². The summed E-state index contributed by atoms with van der Waals surface area (Å²) in [4.78, 5) is 33.1. The quantitative estimate of drug-likeness (QED) is 0.421. The number of hydrogen-bond acceptors (Lipinski definition) is 8. The van der Waals surface area contributed by atoms with Gasteiger partial charge in [-0.1, -0.05) is 0 Å². The summed E-state index contributed by atoms with van der Waals surface area (Å²) in [5.74, 6) is 0.751. The molecular weight excluding hydrogens is 398 g/mol. The van der Waals surface area contributed by atoms with Crippen LogP contribution in [0.1, 0.15) is 25.1 Å². The summed E-state index contributed by atoms with van der Waals surface area (Å²) < 4.78 is 28.3. The topological polar surface area (TPSA) is 139 Å². The van der Waals surface area contributed by atoms with Gasteiger partial charge in [0.15, 0.2) is 5.82 Å². The van der Waals surface area contributed by atoms with Crippen LogP contribution in [0.4, 0.5) is 5.82 Å². The highest BCUT2D eigenvalue weighted by Gasteiger charge is 2.27. The van der Waals surface area contributed by atoms with Crippen LogP contribution in [-0.4, -0.2) is 70.3 Å². The predicted octanol–water partition coefficient (Wildman–Crippen LogP) is -0.159. The normalized spacial score (nSPS) is 15.0. The Morgan fingerprint density at radius 2 is 1.90 bits per heavy atom. The lowest BCUT2D eigenvalue weighted by Crippen LogP contribution is -2.44. The molecule has 0 aromatic carbocycles. The molecule has 0 aliphatic carbocycles. The first-order valence-electron chi connectivity index (χ1n) is 9.24. The highest BCUT2D eigenvalue weighted by atomic mass is 32.2. The zero-order valence-corrected chi connectivity index (χ0v) is 16.9. The Balaban J connectivity index is 1.47. The van der Waals surface area contributed by atoms with Gasteiger partial charge in [0, 0.05) is 50.9 Å². The Labute approximate surface area is 168 Å². The minimum Gasteiger partial charge on any atom is -0.369 e. The Bertz CT molecular complexity index is 960. The SMILES string of the molecule is Cc1nc(NCCNS(=O)(=O)CCN2C(=O)CCCC2=O)cc(-n2cccn2)n1. The van der Waals surface area contributed by atoms with Gasteiger partial charge < -0.3 is 5.32 Å². The minimum absolute atomic E-state index is 0.126. The van der Waals surface area contributed by atoms with Crippen molar-refractivity contribution in [1.29, 1.82) is 0 Å². The molecule has 1 fully saturated rings. The fourth-order valence-corrected chi connectivity index (χ4v) is 3.87. The molecule has 1 aliphatic heterocycles. The Kier molecular flexibility index (Phi) is 6.54. The van der Waals surface area contributed by atoms with Gasteiger partial charge in [-0.2, -0.15) is 5.10 Å². The average Bonchev–Trinajstić information content (AvgIpc) is 3.19. The number of aromatic nitrogens is 4.